The second-order valence-electron chi connectivity index (χ2n) is 3.72. The van der Waals surface area contributed by atoms with Crippen molar-refractivity contribution in [2.45, 2.75) is 6.04 Å². The Kier molecular flexibility index (Phi) is 5.41. The van der Waals surface area contributed by atoms with Crippen LogP contribution in [0.5, 0.6) is 11.5 Å². The van der Waals surface area contributed by atoms with E-state index in [0.29, 0.717) is 6.61 Å². The Labute approximate surface area is 106 Å². The third-order valence-electron chi connectivity index (χ3n) is 2.45. The molecule has 1 atom stereocenters. The van der Waals surface area contributed by atoms with Crippen LogP contribution in [0.4, 0.5) is 0 Å². The lowest BCUT2D eigenvalue weighted by Gasteiger charge is -2.16. The van der Waals surface area contributed by atoms with Crippen molar-refractivity contribution < 1.29 is 19.4 Å². The molecule has 0 saturated carbocycles. The maximum atomic E-state index is 11.9. The molecule has 0 radical (unpaired) electrons. The third kappa shape index (κ3) is 3.35. The number of hydrogen-bond acceptors (Lipinski definition) is 5. The highest BCUT2D eigenvalue weighted by molar-refractivity contribution is 5.97. The minimum absolute atomic E-state index is 0.143. The molecule has 0 aliphatic heterocycles. The number of nitrogens with one attached hydrogen (secondary N) is 1. The zero-order valence-corrected chi connectivity index (χ0v) is 10.5. The minimum Gasteiger partial charge on any atom is -0.504 e. The normalized spacial score (nSPS) is 11.9. The first-order chi connectivity index (χ1) is 8.63. The molecular formula is C12H18N2O4. The molecule has 0 aromatic heterocycles. The van der Waals surface area contributed by atoms with Crippen LogP contribution in [-0.2, 0) is 4.74 Å². The van der Waals surface area contributed by atoms with E-state index in [2.05, 4.69) is 5.32 Å². The smallest absolute Gasteiger partial charge is 0.255 e. The summed E-state index contributed by atoms with van der Waals surface area (Å²) in [6.07, 6.45) is 0. The number of carbonyl (C=O) groups is 1. The van der Waals surface area contributed by atoms with E-state index in [-0.39, 0.29) is 29.6 Å². The van der Waals surface area contributed by atoms with Crippen LogP contribution in [0.1, 0.15) is 10.4 Å². The summed E-state index contributed by atoms with van der Waals surface area (Å²) in [5, 5.41) is 12.5. The number of aromatic hydroxyl groups is 1. The van der Waals surface area contributed by atoms with Crippen molar-refractivity contribution >= 4 is 5.91 Å². The summed E-state index contributed by atoms with van der Waals surface area (Å²) in [6.45, 7) is 0.567. The van der Waals surface area contributed by atoms with E-state index in [4.69, 9.17) is 15.2 Å². The van der Waals surface area contributed by atoms with E-state index in [9.17, 15) is 9.90 Å². The van der Waals surface area contributed by atoms with Crippen LogP contribution in [0.2, 0.25) is 0 Å². The van der Waals surface area contributed by atoms with Gasteiger partial charge in [0.2, 0.25) is 0 Å². The Bertz CT molecular complexity index is 409. The molecule has 0 aliphatic carbocycles. The largest absolute Gasteiger partial charge is 0.504 e. The SMILES string of the molecule is COCC(CN)NC(=O)c1cccc(OC)c1O. The number of phenolic OH excluding ortho intramolecular Hbond substituents is 1. The fourth-order valence-electron chi connectivity index (χ4n) is 1.50. The number of amides is 1. The number of carbonyl (C=O) groups excluding carboxylic acids is 1. The summed E-state index contributed by atoms with van der Waals surface area (Å²) in [7, 11) is 2.95. The lowest BCUT2D eigenvalue weighted by molar-refractivity contribution is 0.0897. The average molecular weight is 254 g/mol. The van der Waals surface area contributed by atoms with Gasteiger partial charge in [0.15, 0.2) is 11.5 Å². The second kappa shape index (κ2) is 6.83. The Morgan fingerprint density at radius 3 is 2.78 bits per heavy atom. The van der Waals surface area contributed by atoms with E-state index in [0.717, 1.165) is 0 Å². The first kappa shape index (κ1) is 14.3. The van der Waals surface area contributed by atoms with Crippen LogP contribution < -0.4 is 15.8 Å². The van der Waals surface area contributed by atoms with Crippen molar-refractivity contribution in [2.75, 3.05) is 27.4 Å². The van der Waals surface area contributed by atoms with Gasteiger partial charge in [0.05, 0.1) is 25.3 Å². The van der Waals surface area contributed by atoms with E-state index >= 15 is 0 Å². The van der Waals surface area contributed by atoms with Crippen molar-refractivity contribution in [3.63, 3.8) is 0 Å². The van der Waals surface area contributed by atoms with Crippen molar-refractivity contribution in [1.82, 2.24) is 5.32 Å². The fourth-order valence-corrected chi connectivity index (χ4v) is 1.50. The van der Waals surface area contributed by atoms with Crippen LogP contribution in [-0.4, -0.2) is 44.4 Å². The van der Waals surface area contributed by atoms with Gasteiger partial charge in [-0.1, -0.05) is 6.07 Å². The molecule has 6 heteroatoms. The highest BCUT2D eigenvalue weighted by Gasteiger charge is 2.17. The van der Waals surface area contributed by atoms with E-state index in [1.807, 2.05) is 0 Å². The summed E-state index contributed by atoms with van der Waals surface area (Å²) in [5.41, 5.74) is 5.64. The Morgan fingerprint density at radius 2 is 2.22 bits per heavy atom. The maximum Gasteiger partial charge on any atom is 0.255 e. The number of benzene rings is 1. The van der Waals surface area contributed by atoms with Gasteiger partial charge < -0.3 is 25.6 Å². The van der Waals surface area contributed by atoms with E-state index < -0.39 is 5.91 Å². The molecule has 0 heterocycles. The van der Waals surface area contributed by atoms with Gasteiger partial charge in [0.1, 0.15) is 0 Å². The maximum absolute atomic E-state index is 11.9. The quantitative estimate of drug-likeness (QED) is 0.669. The van der Waals surface area contributed by atoms with E-state index in [1.165, 1.54) is 20.3 Å². The standard InChI is InChI=1S/C12H18N2O4/c1-17-7-8(6-13)14-12(16)9-4-3-5-10(18-2)11(9)15/h3-5,8,15H,6-7,13H2,1-2H3,(H,14,16). The summed E-state index contributed by atoms with van der Waals surface area (Å²) >= 11 is 0. The lowest BCUT2D eigenvalue weighted by Crippen LogP contribution is -2.43. The molecule has 1 amide bonds. The summed E-state index contributed by atoms with van der Waals surface area (Å²) in [4.78, 5) is 11.9. The first-order valence-corrected chi connectivity index (χ1v) is 5.49. The van der Waals surface area contributed by atoms with E-state index in [1.54, 1.807) is 12.1 Å². The van der Waals surface area contributed by atoms with Gasteiger partial charge in [0.25, 0.3) is 5.91 Å². The number of hydrogen-bond donors (Lipinski definition) is 3. The number of rotatable bonds is 6. The van der Waals surface area contributed by atoms with Crippen LogP contribution >= 0.6 is 0 Å². The van der Waals surface area contributed by atoms with Gasteiger partial charge in [-0.15, -0.1) is 0 Å². The number of para-hydroxylation sites is 1. The van der Waals surface area contributed by atoms with Gasteiger partial charge in [-0.05, 0) is 12.1 Å². The summed E-state index contributed by atoms with van der Waals surface area (Å²) in [6, 6.07) is 4.41. The van der Waals surface area contributed by atoms with Gasteiger partial charge in [0, 0.05) is 13.7 Å². The third-order valence-corrected chi connectivity index (χ3v) is 2.45. The molecule has 100 valence electrons. The van der Waals surface area contributed by atoms with Gasteiger partial charge in [-0.3, -0.25) is 4.79 Å². The van der Waals surface area contributed by atoms with Crippen molar-refractivity contribution in [2.24, 2.45) is 5.73 Å². The molecular weight excluding hydrogens is 236 g/mol. The summed E-state index contributed by atoms with van der Waals surface area (Å²) in [5.74, 6) is -0.358. The Morgan fingerprint density at radius 1 is 1.50 bits per heavy atom. The lowest BCUT2D eigenvalue weighted by atomic mass is 10.1. The number of ether oxygens (including phenoxy) is 2. The fraction of sp³-hybridized carbons (Fsp3) is 0.417. The van der Waals surface area contributed by atoms with Crippen LogP contribution in [0.15, 0.2) is 18.2 Å². The van der Waals surface area contributed by atoms with Crippen molar-refractivity contribution in [3.05, 3.63) is 23.8 Å². The zero-order chi connectivity index (χ0) is 13.5. The van der Waals surface area contributed by atoms with Crippen LogP contribution in [0.3, 0.4) is 0 Å². The predicted molar refractivity (Wildman–Crippen MR) is 66.8 cm³/mol. The molecule has 0 spiro atoms. The molecule has 4 N–H and O–H groups in total. The molecule has 0 saturated heterocycles. The zero-order valence-electron chi connectivity index (χ0n) is 10.5. The Hall–Kier alpha value is -1.79. The average Bonchev–Trinajstić information content (AvgIpc) is 2.38. The highest BCUT2D eigenvalue weighted by Crippen LogP contribution is 2.29. The molecule has 0 fully saturated rings. The number of methoxy groups -OCH3 is 2. The molecule has 18 heavy (non-hydrogen) atoms. The monoisotopic (exact) mass is 254 g/mol. The molecule has 1 aromatic carbocycles. The molecule has 1 rings (SSSR count). The predicted octanol–water partition coefficient (Wildman–Crippen LogP) is 0.104. The summed E-state index contributed by atoms with van der Waals surface area (Å²) < 4.78 is 9.86. The first-order valence-electron chi connectivity index (χ1n) is 5.49. The van der Waals surface area contributed by atoms with Gasteiger partial charge in [-0.25, -0.2) is 0 Å². The molecule has 1 aromatic rings. The minimum atomic E-state index is -0.418. The molecule has 0 aliphatic rings. The van der Waals surface area contributed by atoms with Crippen LogP contribution in [0.25, 0.3) is 0 Å². The molecule has 1 unspecified atom stereocenters. The second-order valence-corrected chi connectivity index (χ2v) is 3.72. The molecule has 6 nitrogen and oxygen atoms in total. The Balaban J connectivity index is 2.84. The van der Waals surface area contributed by atoms with Gasteiger partial charge >= 0.3 is 0 Å². The van der Waals surface area contributed by atoms with Crippen molar-refractivity contribution in [1.29, 1.82) is 0 Å². The van der Waals surface area contributed by atoms with Crippen molar-refractivity contribution in [3.8, 4) is 11.5 Å². The van der Waals surface area contributed by atoms with Gasteiger partial charge in [-0.2, -0.15) is 0 Å². The van der Waals surface area contributed by atoms with Crippen LogP contribution in [0, 0.1) is 0 Å². The highest BCUT2D eigenvalue weighted by atomic mass is 16.5. The number of phenols is 1. The molecule has 0 bridgehead atoms. The number of nitrogens with two attached hydrogens (primary N) is 1. The topological polar surface area (TPSA) is 93.8 Å².